The van der Waals surface area contributed by atoms with Crippen molar-refractivity contribution in [3.63, 3.8) is 0 Å². The summed E-state index contributed by atoms with van der Waals surface area (Å²) in [5.41, 5.74) is 2.94. The molecule has 0 aromatic heterocycles. The molecule has 1 aliphatic carbocycles. The SMILES string of the molecule is CN(CC#N)C1CCc2ccccc2C1. The molecule has 0 bridgehead atoms. The van der Waals surface area contributed by atoms with Gasteiger partial charge in [-0.15, -0.1) is 0 Å². The smallest absolute Gasteiger partial charge is 0.0866 e. The van der Waals surface area contributed by atoms with Gasteiger partial charge in [0, 0.05) is 6.04 Å². The topological polar surface area (TPSA) is 27.0 Å². The molecule has 0 saturated heterocycles. The van der Waals surface area contributed by atoms with Crippen molar-refractivity contribution in [2.45, 2.75) is 25.3 Å². The first-order valence-corrected chi connectivity index (χ1v) is 5.45. The lowest BCUT2D eigenvalue weighted by Crippen LogP contribution is -2.36. The summed E-state index contributed by atoms with van der Waals surface area (Å²) in [7, 11) is 2.04. The van der Waals surface area contributed by atoms with Gasteiger partial charge in [-0.1, -0.05) is 24.3 Å². The molecule has 78 valence electrons. The molecule has 1 atom stereocenters. The first-order chi connectivity index (χ1) is 7.31. The molecule has 2 heteroatoms. The predicted molar refractivity (Wildman–Crippen MR) is 60.5 cm³/mol. The lowest BCUT2D eigenvalue weighted by molar-refractivity contribution is 0.246. The predicted octanol–water partition coefficient (Wildman–Crippen LogP) is 2.00. The number of benzene rings is 1. The van der Waals surface area contributed by atoms with Crippen molar-refractivity contribution in [3.8, 4) is 6.07 Å². The molecule has 1 aliphatic rings. The average Bonchev–Trinajstić information content (AvgIpc) is 2.29. The van der Waals surface area contributed by atoms with Crippen LogP contribution < -0.4 is 0 Å². The van der Waals surface area contributed by atoms with E-state index >= 15 is 0 Å². The molecule has 0 radical (unpaired) electrons. The molecule has 0 amide bonds. The van der Waals surface area contributed by atoms with Gasteiger partial charge < -0.3 is 0 Å². The van der Waals surface area contributed by atoms with E-state index in [1.54, 1.807) is 0 Å². The normalized spacial score (nSPS) is 19.7. The van der Waals surface area contributed by atoms with Gasteiger partial charge in [-0.05, 0) is 37.4 Å². The number of hydrogen-bond acceptors (Lipinski definition) is 2. The van der Waals surface area contributed by atoms with Crippen molar-refractivity contribution in [1.29, 1.82) is 5.26 Å². The van der Waals surface area contributed by atoms with Crippen molar-refractivity contribution >= 4 is 0 Å². The van der Waals surface area contributed by atoms with Crippen LogP contribution in [0.4, 0.5) is 0 Å². The van der Waals surface area contributed by atoms with Gasteiger partial charge in [-0.2, -0.15) is 5.26 Å². The Morgan fingerprint density at radius 2 is 2.13 bits per heavy atom. The molecule has 0 fully saturated rings. The maximum Gasteiger partial charge on any atom is 0.0866 e. The van der Waals surface area contributed by atoms with Crippen LogP contribution >= 0.6 is 0 Å². The van der Waals surface area contributed by atoms with Crippen LogP contribution in [0.3, 0.4) is 0 Å². The van der Waals surface area contributed by atoms with Gasteiger partial charge in [0.25, 0.3) is 0 Å². The third-order valence-corrected chi connectivity index (χ3v) is 3.26. The van der Waals surface area contributed by atoms with Gasteiger partial charge in [0.15, 0.2) is 0 Å². The van der Waals surface area contributed by atoms with E-state index in [-0.39, 0.29) is 0 Å². The number of fused-ring (bicyclic) bond motifs is 1. The molecule has 15 heavy (non-hydrogen) atoms. The Balaban J connectivity index is 2.09. The van der Waals surface area contributed by atoms with Gasteiger partial charge in [-0.3, -0.25) is 4.90 Å². The Morgan fingerprint density at radius 1 is 1.40 bits per heavy atom. The average molecular weight is 200 g/mol. The van der Waals surface area contributed by atoms with E-state index in [0.29, 0.717) is 12.6 Å². The van der Waals surface area contributed by atoms with Crippen LogP contribution in [0.15, 0.2) is 24.3 Å². The highest BCUT2D eigenvalue weighted by molar-refractivity contribution is 5.30. The maximum absolute atomic E-state index is 8.67. The third-order valence-electron chi connectivity index (χ3n) is 3.26. The molecule has 0 aliphatic heterocycles. The summed E-state index contributed by atoms with van der Waals surface area (Å²) < 4.78 is 0. The zero-order chi connectivity index (χ0) is 10.7. The molecule has 0 heterocycles. The number of hydrogen-bond donors (Lipinski definition) is 0. The van der Waals surface area contributed by atoms with E-state index in [1.807, 2.05) is 7.05 Å². The Hall–Kier alpha value is -1.33. The molecule has 0 N–H and O–H groups in total. The maximum atomic E-state index is 8.67. The molecule has 2 rings (SSSR count). The van der Waals surface area contributed by atoms with Crippen LogP contribution in [0.5, 0.6) is 0 Å². The number of nitriles is 1. The highest BCUT2D eigenvalue weighted by atomic mass is 15.1. The zero-order valence-corrected chi connectivity index (χ0v) is 9.11. The summed E-state index contributed by atoms with van der Waals surface area (Å²) in [6.07, 6.45) is 3.42. The number of aryl methyl sites for hydroxylation is 1. The second-order valence-corrected chi connectivity index (χ2v) is 4.24. The number of likely N-dealkylation sites (N-methyl/N-ethyl adjacent to an activating group) is 1. The van der Waals surface area contributed by atoms with Crippen molar-refractivity contribution in [1.82, 2.24) is 4.90 Å². The largest absolute Gasteiger partial charge is 0.290 e. The van der Waals surface area contributed by atoms with E-state index in [0.717, 1.165) is 12.8 Å². The zero-order valence-electron chi connectivity index (χ0n) is 9.11. The molecular formula is C13H16N2. The number of rotatable bonds is 2. The second-order valence-electron chi connectivity index (χ2n) is 4.24. The molecular weight excluding hydrogens is 184 g/mol. The van der Waals surface area contributed by atoms with Gasteiger partial charge in [-0.25, -0.2) is 0 Å². The number of nitrogens with zero attached hydrogens (tertiary/aromatic N) is 2. The lowest BCUT2D eigenvalue weighted by atomic mass is 9.88. The first-order valence-electron chi connectivity index (χ1n) is 5.45. The van der Waals surface area contributed by atoms with Crippen LogP contribution in [-0.2, 0) is 12.8 Å². The van der Waals surface area contributed by atoms with E-state index in [2.05, 4.69) is 35.2 Å². The molecule has 0 spiro atoms. The van der Waals surface area contributed by atoms with Crippen LogP contribution in [0, 0.1) is 11.3 Å². The summed E-state index contributed by atoms with van der Waals surface area (Å²) >= 11 is 0. The highest BCUT2D eigenvalue weighted by Gasteiger charge is 2.21. The minimum Gasteiger partial charge on any atom is -0.290 e. The highest BCUT2D eigenvalue weighted by Crippen LogP contribution is 2.23. The summed E-state index contributed by atoms with van der Waals surface area (Å²) in [5, 5.41) is 8.67. The Morgan fingerprint density at radius 3 is 2.87 bits per heavy atom. The fourth-order valence-corrected chi connectivity index (χ4v) is 2.30. The van der Waals surface area contributed by atoms with E-state index in [4.69, 9.17) is 5.26 Å². The molecule has 1 aromatic rings. The summed E-state index contributed by atoms with van der Waals surface area (Å²) in [6.45, 7) is 0.535. The lowest BCUT2D eigenvalue weighted by Gasteiger charge is -2.30. The Labute approximate surface area is 91.1 Å². The molecule has 1 unspecified atom stereocenters. The van der Waals surface area contributed by atoms with E-state index in [9.17, 15) is 0 Å². The van der Waals surface area contributed by atoms with Crippen LogP contribution in [0.25, 0.3) is 0 Å². The Bertz CT molecular complexity index is 378. The van der Waals surface area contributed by atoms with E-state index in [1.165, 1.54) is 17.5 Å². The summed E-state index contributed by atoms with van der Waals surface area (Å²) in [4.78, 5) is 2.16. The first kappa shape index (κ1) is 10.2. The Kier molecular flexibility index (Phi) is 3.03. The van der Waals surface area contributed by atoms with Crippen LogP contribution in [-0.4, -0.2) is 24.5 Å². The van der Waals surface area contributed by atoms with Gasteiger partial charge >= 0.3 is 0 Å². The van der Waals surface area contributed by atoms with Gasteiger partial charge in [0.2, 0.25) is 0 Å². The van der Waals surface area contributed by atoms with Crippen molar-refractivity contribution < 1.29 is 0 Å². The minimum absolute atomic E-state index is 0.535. The summed E-state index contributed by atoms with van der Waals surface area (Å²) in [5.74, 6) is 0. The standard InChI is InChI=1S/C13H16N2/c1-15(9-8-14)13-7-6-11-4-2-3-5-12(11)10-13/h2-5,13H,6-7,9-10H2,1H3. The molecule has 2 nitrogen and oxygen atoms in total. The van der Waals surface area contributed by atoms with Crippen molar-refractivity contribution in [2.24, 2.45) is 0 Å². The van der Waals surface area contributed by atoms with Gasteiger partial charge in [0.1, 0.15) is 0 Å². The minimum atomic E-state index is 0.535. The molecule has 0 saturated carbocycles. The second kappa shape index (κ2) is 4.46. The van der Waals surface area contributed by atoms with Crippen LogP contribution in [0.1, 0.15) is 17.5 Å². The monoisotopic (exact) mass is 200 g/mol. The van der Waals surface area contributed by atoms with Gasteiger partial charge in [0.05, 0.1) is 12.6 Å². The van der Waals surface area contributed by atoms with Crippen molar-refractivity contribution in [2.75, 3.05) is 13.6 Å². The molecule has 1 aromatic carbocycles. The van der Waals surface area contributed by atoms with Crippen molar-refractivity contribution in [3.05, 3.63) is 35.4 Å². The quantitative estimate of drug-likeness (QED) is 0.683. The fraction of sp³-hybridized carbons (Fsp3) is 0.462. The fourth-order valence-electron chi connectivity index (χ4n) is 2.30. The third kappa shape index (κ3) is 2.19. The van der Waals surface area contributed by atoms with Crippen LogP contribution in [0.2, 0.25) is 0 Å². The van der Waals surface area contributed by atoms with E-state index < -0.39 is 0 Å². The summed E-state index contributed by atoms with van der Waals surface area (Å²) in [6, 6.07) is 11.4.